The first-order chi connectivity index (χ1) is 6.27. The monoisotopic (exact) mass is 184 g/mol. The number of ether oxygens (including phenoxy) is 1. The van der Waals surface area contributed by atoms with E-state index >= 15 is 0 Å². The summed E-state index contributed by atoms with van der Waals surface area (Å²) in [5, 5.41) is 9.69. The Hall–Kier alpha value is -0.0800. The fraction of sp³-hybridized carbons (Fsp3) is 1.00. The number of hydrogen-bond donors (Lipinski definition) is 1. The predicted molar refractivity (Wildman–Crippen MR) is 51.1 cm³/mol. The van der Waals surface area contributed by atoms with Crippen molar-refractivity contribution in [2.24, 2.45) is 23.7 Å². The van der Waals surface area contributed by atoms with Gasteiger partial charge in [0, 0.05) is 5.92 Å². The van der Waals surface area contributed by atoms with Gasteiger partial charge in [0.1, 0.15) is 0 Å². The minimum atomic E-state index is -0.466. The van der Waals surface area contributed by atoms with E-state index < -0.39 is 6.29 Å². The molecule has 1 aliphatic heterocycles. The van der Waals surface area contributed by atoms with Crippen molar-refractivity contribution in [2.75, 3.05) is 6.61 Å². The van der Waals surface area contributed by atoms with E-state index in [4.69, 9.17) is 4.74 Å². The third-order valence-electron chi connectivity index (χ3n) is 4.09. The number of hydrogen-bond acceptors (Lipinski definition) is 2. The lowest BCUT2D eigenvalue weighted by atomic mass is 9.87. The van der Waals surface area contributed by atoms with Crippen LogP contribution < -0.4 is 0 Å². The van der Waals surface area contributed by atoms with Crippen LogP contribution in [-0.2, 0) is 4.74 Å². The maximum Gasteiger partial charge on any atom is 0.157 e. The Balaban J connectivity index is 2.11. The largest absolute Gasteiger partial charge is 0.368 e. The summed E-state index contributed by atoms with van der Waals surface area (Å²) < 4.78 is 5.34. The molecule has 0 spiro atoms. The van der Waals surface area contributed by atoms with Crippen molar-refractivity contribution in [1.82, 2.24) is 0 Å². The Bertz CT molecular complexity index is 181. The summed E-state index contributed by atoms with van der Waals surface area (Å²) in [5.74, 6) is 2.58. The van der Waals surface area contributed by atoms with Crippen LogP contribution in [0.5, 0.6) is 0 Å². The molecule has 5 atom stereocenters. The molecule has 0 aromatic carbocycles. The summed E-state index contributed by atoms with van der Waals surface area (Å²) in [6.45, 7) is 5.27. The molecular formula is C11H20O2. The molecule has 2 nitrogen and oxygen atoms in total. The van der Waals surface area contributed by atoms with Crippen LogP contribution in [0.15, 0.2) is 0 Å². The highest BCUT2D eigenvalue weighted by molar-refractivity contribution is 4.94. The van der Waals surface area contributed by atoms with Crippen molar-refractivity contribution < 1.29 is 9.84 Å². The smallest absolute Gasteiger partial charge is 0.157 e. The van der Waals surface area contributed by atoms with E-state index in [0.717, 1.165) is 12.5 Å². The second kappa shape index (κ2) is 3.58. The van der Waals surface area contributed by atoms with Gasteiger partial charge >= 0.3 is 0 Å². The molecule has 1 N–H and O–H groups in total. The average molecular weight is 184 g/mol. The molecule has 2 heteroatoms. The molecule has 0 amide bonds. The van der Waals surface area contributed by atoms with Crippen molar-refractivity contribution in [3.8, 4) is 0 Å². The Labute approximate surface area is 80.3 Å². The SMILES string of the molecule is CCC1CC(CC)C2C(O)OCC12. The molecule has 1 heterocycles. The molecule has 0 aromatic heterocycles. The second-order valence-corrected chi connectivity index (χ2v) is 4.54. The summed E-state index contributed by atoms with van der Waals surface area (Å²) in [6, 6.07) is 0. The molecule has 0 radical (unpaired) electrons. The van der Waals surface area contributed by atoms with Crippen molar-refractivity contribution in [3.05, 3.63) is 0 Å². The summed E-state index contributed by atoms with van der Waals surface area (Å²) >= 11 is 0. The van der Waals surface area contributed by atoms with E-state index in [1.165, 1.54) is 19.3 Å². The Morgan fingerprint density at radius 2 is 1.92 bits per heavy atom. The first-order valence-electron chi connectivity index (χ1n) is 5.57. The maximum absolute atomic E-state index is 9.69. The van der Waals surface area contributed by atoms with E-state index in [0.29, 0.717) is 17.8 Å². The van der Waals surface area contributed by atoms with Gasteiger partial charge in [-0.2, -0.15) is 0 Å². The quantitative estimate of drug-likeness (QED) is 0.711. The lowest BCUT2D eigenvalue weighted by Crippen LogP contribution is -2.22. The number of rotatable bonds is 2. The molecule has 0 bridgehead atoms. The van der Waals surface area contributed by atoms with Crippen molar-refractivity contribution >= 4 is 0 Å². The normalized spacial score (nSPS) is 49.6. The van der Waals surface area contributed by atoms with Gasteiger partial charge in [-0.05, 0) is 24.2 Å². The van der Waals surface area contributed by atoms with Crippen molar-refractivity contribution in [2.45, 2.75) is 39.4 Å². The van der Waals surface area contributed by atoms with Crippen LogP contribution in [0.2, 0.25) is 0 Å². The van der Waals surface area contributed by atoms with E-state index in [-0.39, 0.29) is 0 Å². The van der Waals surface area contributed by atoms with Gasteiger partial charge in [-0.15, -0.1) is 0 Å². The summed E-state index contributed by atoms with van der Waals surface area (Å²) in [6.07, 6.45) is 3.28. The van der Waals surface area contributed by atoms with E-state index in [2.05, 4.69) is 13.8 Å². The standard InChI is InChI=1S/C11H20O2/c1-3-7-5-8(4-2)10-9(7)6-13-11(10)12/h7-12H,3-6H2,1-2H3. The third-order valence-corrected chi connectivity index (χ3v) is 4.09. The molecule has 5 unspecified atom stereocenters. The van der Waals surface area contributed by atoms with Crippen LogP contribution in [0.1, 0.15) is 33.1 Å². The summed E-state index contributed by atoms with van der Waals surface area (Å²) in [7, 11) is 0. The molecule has 13 heavy (non-hydrogen) atoms. The minimum absolute atomic E-state index is 0.440. The second-order valence-electron chi connectivity index (χ2n) is 4.54. The average Bonchev–Trinajstić information content (AvgIpc) is 2.67. The van der Waals surface area contributed by atoms with E-state index in [1.807, 2.05) is 0 Å². The van der Waals surface area contributed by atoms with Crippen molar-refractivity contribution in [1.29, 1.82) is 0 Å². The van der Waals surface area contributed by atoms with Gasteiger partial charge < -0.3 is 9.84 Å². The molecule has 2 rings (SSSR count). The Morgan fingerprint density at radius 1 is 1.23 bits per heavy atom. The van der Waals surface area contributed by atoms with Gasteiger partial charge in [0.2, 0.25) is 0 Å². The first kappa shape index (κ1) is 9.47. The van der Waals surface area contributed by atoms with Gasteiger partial charge in [0.15, 0.2) is 6.29 Å². The van der Waals surface area contributed by atoms with Gasteiger partial charge in [-0.25, -0.2) is 0 Å². The summed E-state index contributed by atoms with van der Waals surface area (Å²) in [4.78, 5) is 0. The van der Waals surface area contributed by atoms with E-state index in [9.17, 15) is 5.11 Å². The third kappa shape index (κ3) is 1.40. The summed E-state index contributed by atoms with van der Waals surface area (Å²) in [5.41, 5.74) is 0. The minimum Gasteiger partial charge on any atom is -0.368 e. The van der Waals surface area contributed by atoms with Crippen LogP contribution >= 0.6 is 0 Å². The predicted octanol–water partition coefficient (Wildman–Crippen LogP) is 2.02. The molecule has 76 valence electrons. The zero-order valence-electron chi connectivity index (χ0n) is 8.57. The fourth-order valence-electron chi connectivity index (χ4n) is 3.31. The highest BCUT2D eigenvalue weighted by Gasteiger charge is 2.49. The van der Waals surface area contributed by atoms with Gasteiger partial charge in [-0.1, -0.05) is 26.7 Å². The number of aliphatic hydroxyl groups is 1. The van der Waals surface area contributed by atoms with Gasteiger partial charge in [0.25, 0.3) is 0 Å². The van der Waals surface area contributed by atoms with Crippen LogP contribution in [0, 0.1) is 23.7 Å². The highest BCUT2D eigenvalue weighted by atomic mass is 16.6. The number of fused-ring (bicyclic) bond motifs is 1. The highest BCUT2D eigenvalue weighted by Crippen LogP contribution is 2.49. The lowest BCUT2D eigenvalue weighted by molar-refractivity contribution is -0.0927. The van der Waals surface area contributed by atoms with Gasteiger partial charge in [0.05, 0.1) is 6.61 Å². The van der Waals surface area contributed by atoms with Crippen LogP contribution in [-0.4, -0.2) is 18.0 Å². The molecule has 2 aliphatic rings. The van der Waals surface area contributed by atoms with Crippen LogP contribution in [0.4, 0.5) is 0 Å². The Kier molecular flexibility index (Phi) is 2.61. The zero-order valence-corrected chi connectivity index (χ0v) is 8.57. The molecule has 2 fully saturated rings. The van der Waals surface area contributed by atoms with E-state index in [1.54, 1.807) is 0 Å². The van der Waals surface area contributed by atoms with Crippen molar-refractivity contribution in [3.63, 3.8) is 0 Å². The molecular weight excluding hydrogens is 164 g/mol. The Morgan fingerprint density at radius 3 is 2.54 bits per heavy atom. The number of aliphatic hydroxyl groups excluding tert-OH is 1. The lowest BCUT2D eigenvalue weighted by Gasteiger charge is -2.18. The fourth-order valence-corrected chi connectivity index (χ4v) is 3.31. The zero-order chi connectivity index (χ0) is 9.42. The van der Waals surface area contributed by atoms with Gasteiger partial charge in [-0.3, -0.25) is 0 Å². The molecule has 1 aliphatic carbocycles. The maximum atomic E-state index is 9.69. The molecule has 1 saturated carbocycles. The molecule has 0 aromatic rings. The topological polar surface area (TPSA) is 29.5 Å². The van der Waals surface area contributed by atoms with Crippen LogP contribution in [0.25, 0.3) is 0 Å². The van der Waals surface area contributed by atoms with Crippen LogP contribution in [0.3, 0.4) is 0 Å². The first-order valence-corrected chi connectivity index (χ1v) is 5.57. The molecule has 1 saturated heterocycles.